The summed E-state index contributed by atoms with van der Waals surface area (Å²) in [6, 6.07) is 22.0. The molecule has 546 valence electrons. The lowest BCUT2D eigenvalue weighted by Gasteiger charge is -2.45. The number of aliphatic hydroxyl groups excluding tert-OH is 1. The molecule has 0 spiro atoms. The number of nitrogens with one attached hydrogen (secondary N) is 2. The number of amides is 2. The van der Waals surface area contributed by atoms with Gasteiger partial charge < -0.3 is 62.6 Å². The maximum Gasteiger partial charge on any atom is 0.259 e. The Bertz CT molecular complexity index is 3180. The van der Waals surface area contributed by atoms with E-state index < -0.39 is 29.4 Å². The molecule has 0 aliphatic carbocycles. The predicted octanol–water partition coefficient (Wildman–Crippen LogP) is 13.4. The van der Waals surface area contributed by atoms with Crippen LogP contribution in [-0.2, 0) is 42.0 Å². The van der Waals surface area contributed by atoms with Crippen LogP contribution in [0.15, 0.2) is 86.0 Å². The zero-order valence-corrected chi connectivity index (χ0v) is 63.4. The highest BCUT2D eigenvalue weighted by Crippen LogP contribution is 2.51. The summed E-state index contributed by atoms with van der Waals surface area (Å²) in [5.74, 6) is -0.00396. The molecular weight excluding hydrogens is 1410 g/mol. The van der Waals surface area contributed by atoms with Gasteiger partial charge in [0, 0.05) is 63.0 Å². The van der Waals surface area contributed by atoms with Gasteiger partial charge in [0.25, 0.3) is 20.3 Å². The number of anilines is 2. The Kier molecular flexibility index (Phi) is 44.2. The van der Waals surface area contributed by atoms with E-state index in [1.54, 1.807) is 84.5 Å². The lowest BCUT2D eigenvalue weighted by atomic mass is 10.2. The van der Waals surface area contributed by atoms with Crippen LogP contribution in [0.3, 0.4) is 0 Å². The average molecular weight is 1520 g/mol. The molecule has 0 saturated heterocycles. The van der Waals surface area contributed by atoms with Gasteiger partial charge in [-0.2, -0.15) is 5.26 Å². The van der Waals surface area contributed by atoms with E-state index in [1.165, 1.54) is 12.7 Å². The molecule has 98 heavy (non-hydrogen) atoms. The van der Waals surface area contributed by atoms with Crippen molar-refractivity contribution in [3.63, 3.8) is 0 Å². The first-order valence-corrected chi connectivity index (χ1v) is 36.5. The molecular formula is C68H110IN15O12P2. The highest BCUT2D eigenvalue weighted by atomic mass is 127. The minimum atomic E-state index is -1.42. The lowest BCUT2D eigenvalue weighted by molar-refractivity contribution is -0.111. The maximum atomic E-state index is 12.8. The summed E-state index contributed by atoms with van der Waals surface area (Å²) in [6.45, 7) is 40.4. The lowest BCUT2D eigenvalue weighted by Crippen LogP contribution is -2.43. The molecule has 1 unspecified atom stereocenters. The third-order valence-electron chi connectivity index (χ3n) is 14.0. The second-order valence-electron chi connectivity index (χ2n) is 23.2. The Morgan fingerprint density at radius 3 is 1.41 bits per heavy atom. The number of alkyl halides is 1. The molecule has 27 nitrogen and oxygen atoms in total. The number of benzene rings is 2. The fraction of sp³-hybridized carbons (Fsp3) is 0.618. The summed E-state index contributed by atoms with van der Waals surface area (Å²) < 4.78 is 69.6. The molecule has 0 radical (unpaired) electrons. The number of aliphatic hydroxyl groups is 1. The molecule has 0 bridgehead atoms. The van der Waals surface area contributed by atoms with Gasteiger partial charge in [-0.3, -0.25) is 18.7 Å². The number of fused-ring (bicyclic) bond motifs is 2. The number of nitrogens with zero attached hydrogens (tertiary/aromatic N) is 13. The molecule has 30 heteroatoms. The van der Waals surface area contributed by atoms with Gasteiger partial charge in [0.2, 0.25) is 6.54 Å². The van der Waals surface area contributed by atoms with E-state index in [0.717, 1.165) is 0 Å². The van der Waals surface area contributed by atoms with Crippen LogP contribution in [0.4, 0.5) is 11.6 Å². The summed E-state index contributed by atoms with van der Waals surface area (Å²) >= 11 is 1.96. The Morgan fingerprint density at radius 1 is 0.622 bits per heavy atom. The first kappa shape index (κ1) is 86.8. The minimum absolute atomic E-state index is 0. The standard InChI is InChI=1S/C30H44N7O6P.C21H27N5O5.C15H32N3OP.CH3I.CH4/c1-8-25(18-42-44(41-15-14-31-6)37(22(2)3)23(4)5)43-26(19-40-17-16-39-7)36-21-34-27-28(32-20-33-29(27)36)35-30(38)24-12-10-9-11-13-24;1-3-16(11-27)31-17(12-30-10-9-29-2)26-14-24-18-19(22-13-23-20(18)26)25-21(28)15-7-5-4-6-8-15;1-12(2)17(13(3)4)20(19-11-9-10-16)18(14(5)6)15(7)8;1-2;/h9-13,20-23,25-26H,8,14-19H2,1-5,7H3,(H,32,33,35,38);4-8,13-14,16-17,27H,3,9-12H2,1-2H3,(H,22,23,25,28);12-15H,9,11H2,1-8H3;1H3;1H4/t25-,26-,44?;16-,17-;;;/m11.../s1/i;;;1D;. The highest BCUT2D eigenvalue weighted by Gasteiger charge is 2.35. The topological polar surface area (TPSA) is 287 Å². The third-order valence-corrected chi connectivity index (χ3v) is 19.2. The van der Waals surface area contributed by atoms with Crippen LogP contribution in [0, 0.1) is 17.9 Å². The van der Waals surface area contributed by atoms with Crippen molar-refractivity contribution >= 4 is 85.3 Å². The smallest absolute Gasteiger partial charge is 0.259 e. The first-order chi connectivity index (χ1) is 47.1. The number of imidazole rings is 2. The summed E-state index contributed by atoms with van der Waals surface area (Å²) in [7, 11) is 0.955. The van der Waals surface area contributed by atoms with E-state index >= 15 is 0 Å². The monoisotopic (exact) mass is 1520 g/mol. The molecule has 4 heterocycles. The Morgan fingerprint density at radius 2 is 1.04 bits per heavy atom. The maximum absolute atomic E-state index is 12.8. The zero-order chi connectivity index (χ0) is 72.5. The molecule has 2 amide bonds. The highest BCUT2D eigenvalue weighted by molar-refractivity contribution is 14.1. The Balaban J connectivity index is 0.000000528. The van der Waals surface area contributed by atoms with E-state index in [4.69, 9.17) is 55.2 Å². The van der Waals surface area contributed by atoms with Crippen LogP contribution in [0.5, 0.6) is 0 Å². The van der Waals surface area contributed by atoms with Crippen LogP contribution < -0.4 is 10.6 Å². The number of hydrogen-bond acceptors (Lipinski definition) is 22. The minimum Gasteiger partial charge on any atom is -0.394 e. The SMILES string of the molecule is C.CC(C)N(C(C)C)P(OCCC#N)N(C(C)C)C(C)C.CC[C@H](CO)O[C@H](COCCOC)n1cnc2c(NC(=O)c3ccccc3)ncnc21.[2H]CI.[C-]#[N+]CCOP(OC[C@@H](CC)O[C@H](COCCOC)n1cnc2c(NC(=O)c3ccccc3)ncnc21)N(C(C)C)C(C)C. The first-order valence-electron chi connectivity index (χ1n) is 33.4. The summed E-state index contributed by atoms with van der Waals surface area (Å²) in [5.41, 5.74) is 2.82. The van der Waals surface area contributed by atoms with Crippen molar-refractivity contribution in [3.8, 4) is 6.07 Å². The van der Waals surface area contributed by atoms with Gasteiger partial charge in [0.15, 0.2) is 54.9 Å². The molecule has 3 N–H and O–H groups in total. The normalized spacial score (nSPS) is 13.2. The summed E-state index contributed by atoms with van der Waals surface area (Å²) in [6.07, 6.45) is 5.76. The van der Waals surface area contributed by atoms with E-state index in [-0.39, 0.29) is 76.5 Å². The van der Waals surface area contributed by atoms with Crippen LogP contribution in [0.2, 0.25) is 0 Å². The molecule has 5 atom stereocenters. The van der Waals surface area contributed by atoms with Crippen molar-refractivity contribution in [1.82, 2.24) is 53.0 Å². The molecule has 6 rings (SSSR count). The predicted molar refractivity (Wildman–Crippen MR) is 397 cm³/mol. The number of carbonyl (C=O) groups is 2. The molecule has 6 aromatic rings. The number of nitriles is 1. The van der Waals surface area contributed by atoms with Crippen molar-refractivity contribution in [2.75, 3.05) is 102 Å². The summed E-state index contributed by atoms with van der Waals surface area (Å²) in [4.78, 5) is 55.4. The number of methoxy groups -OCH3 is 2. The number of ether oxygens (including phenoxy) is 6. The van der Waals surface area contributed by atoms with Crippen molar-refractivity contribution in [2.24, 2.45) is 0 Å². The van der Waals surface area contributed by atoms with Crippen molar-refractivity contribution in [2.45, 2.75) is 185 Å². The van der Waals surface area contributed by atoms with Crippen molar-refractivity contribution < 1.29 is 58.1 Å². The fourth-order valence-electron chi connectivity index (χ4n) is 9.70. The second-order valence-corrected chi connectivity index (χ2v) is 26.4. The van der Waals surface area contributed by atoms with Crippen LogP contribution in [0.1, 0.15) is 158 Å². The van der Waals surface area contributed by atoms with E-state index in [9.17, 15) is 14.7 Å². The van der Waals surface area contributed by atoms with Gasteiger partial charge in [0.05, 0.1) is 96.8 Å². The molecule has 4 aromatic heterocycles. The van der Waals surface area contributed by atoms with Gasteiger partial charge in [-0.1, -0.05) is 80.3 Å². The number of aromatic nitrogens is 8. The molecule has 0 aliphatic heterocycles. The van der Waals surface area contributed by atoms with E-state index in [0.29, 0.717) is 133 Å². The third kappa shape index (κ3) is 29.2. The number of rotatable bonds is 41. The Hall–Kier alpha value is -5.47. The number of carbonyl (C=O) groups excluding carboxylic acids is 2. The molecule has 0 fully saturated rings. The number of hydrogen-bond donors (Lipinski definition) is 3. The van der Waals surface area contributed by atoms with Gasteiger partial charge in [-0.05, 0) is 125 Å². The van der Waals surface area contributed by atoms with E-state index in [1.807, 2.05) is 48.6 Å². The fourth-order valence-corrected chi connectivity index (χ4v) is 13.7. The van der Waals surface area contributed by atoms with Crippen LogP contribution in [-0.4, -0.2) is 210 Å². The average Bonchev–Trinajstić information content (AvgIpc) is 1.65. The van der Waals surface area contributed by atoms with Gasteiger partial charge >= 0.3 is 0 Å². The second kappa shape index (κ2) is 50.0. The van der Waals surface area contributed by atoms with Gasteiger partial charge in [-0.15, -0.1) is 0 Å². The van der Waals surface area contributed by atoms with Crippen molar-refractivity contribution in [1.29, 1.82) is 5.26 Å². The summed E-state index contributed by atoms with van der Waals surface area (Å²) in [5, 5.41) is 23.9. The Labute approximate surface area is 600 Å². The molecule has 0 saturated carbocycles. The van der Waals surface area contributed by atoms with Crippen molar-refractivity contribution in [3.05, 3.63) is 109 Å². The quantitative estimate of drug-likeness (QED) is 0.0106. The van der Waals surface area contributed by atoms with Crippen LogP contribution in [0.25, 0.3) is 27.2 Å². The molecule has 0 aliphatic rings. The zero-order valence-electron chi connectivity index (χ0n) is 60.5. The number of halogens is 1. The van der Waals surface area contributed by atoms with E-state index in [2.05, 4.69) is 149 Å². The van der Waals surface area contributed by atoms with Gasteiger partial charge in [-0.25, -0.2) is 50.5 Å². The van der Waals surface area contributed by atoms with Gasteiger partial charge in [0.1, 0.15) is 19.3 Å². The largest absolute Gasteiger partial charge is 0.394 e. The molecule has 2 aromatic carbocycles. The van der Waals surface area contributed by atoms with Crippen LogP contribution >= 0.6 is 39.6 Å².